The molecule has 9 nitrogen and oxygen atoms in total. The Balaban J connectivity index is 1.91. The number of anilines is 2. The molecule has 29 heavy (non-hydrogen) atoms. The zero-order valence-corrected chi connectivity index (χ0v) is 17.1. The SMILES string of the molecule is CCC(C(N)=O)n1cc(Nc2ncc(C)c(-c3cccc(S(C)(=O)=O)c3)n2)cn1. The summed E-state index contributed by atoms with van der Waals surface area (Å²) in [6, 6.07) is 6.08. The Hall–Kier alpha value is -3.27. The smallest absolute Gasteiger partial charge is 0.242 e. The molecular weight excluding hydrogens is 392 g/mol. The highest BCUT2D eigenvalue weighted by Crippen LogP contribution is 2.25. The molecule has 0 saturated carbocycles. The summed E-state index contributed by atoms with van der Waals surface area (Å²) in [4.78, 5) is 20.5. The lowest BCUT2D eigenvalue weighted by Crippen LogP contribution is -2.26. The zero-order valence-electron chi connectivity index (χ0n) is 16.3. The van der Waals surface area contributed by atoms with Crippen LogP contribution in [-0.2, 0) is 14.6 Å². The number of hydrogen-bond donors (Lipinski definition) is 2. The maximum absolute atomic E-state index is 11.9. The lowest BCUT2D eigenvalue weighted by atomic mass is 10.1. The van der Waals surface area contributed by atoms with Crippen LogP contribution in [0, 0.1) is 6.92 Å². The van der Waals surface area contributed by atoms with Crippen LogP contribution >= 0.6 is 0 Å². The predicted octanol–water partition coefficient (Wildman–Crippen LogP) is 2.23. The van der Waals surface area contributed by atoms with Gasteiger partial charge >= 0.3 is 0 Å². The molecule has 0 bridgehead atoms. The highest BCUT2D eigenvalue weighted by Gasteiger charge is 2.17. The lowest BCUT2D eigenvalue weighted by molar-refractivity contribution is -0.121. The second-order valence-corrected chi connectivity index (χ2v) is 8.70. The van der Waals surface area contributed by atoms with Crippen molar-refractivity contribution in [3.8, 4) is 11.3 Å². The summed E-state index contributed by atoms with van der Waals surface area (Å²) in [5, 5.41) is 7.22. The number of benzene rings is 1. The van der Waals surface area contributed by atoms with E-state index in [1.165, 1.54) is 10.9 Å². The minimum Gasteiger partial charge on any atom is -0.368 e. The molecular formula is C19H22N6O3S. The quantitative estimate of drug-likeness (QED) is 0.605. The van der Waals surface area contributed by atoms with Crippen LogP contribution in [0.3, 0.4) is 0 Å². The highest BCUT2D eigenvalue weighted by atomic mass is 32.2. The van der Waals surface area contributed by atoms with Crippen LogP contribution in [-0.4, -0.2) is 40.3 Å². The molecule has 0 aliphatic carbocycles. The van der Waals surface area contributed by atoms with E-state index in [2.05, 4.69) is 20.4 Å². The Labute approximate surface area is 168 Å². The lowest BCUT2D eigenvalue weighted by Gasteiger charge is -2.11. The summed E-state index contributed by atoms with van der Waals surface area (Å²) < 4.78 is 25.2. The van der Waals surface area contributed by atoms with E-state index >= 15 is 0 Å². The van der Waals surface area contributed by atoms with Crippen molar-refractivity contribution < 1.29 is 13.2 Å². The first-order valence-corrected chi connectivity index (χ1v) is 10.8. The fourth-order valence-electron chi connectivity index (χ4n) is 2.89. The molecule has 3 N–H and O–H groups in total. The number of nitrogens with two attached hydrogens (primary N) is 1. The molecule has 0 saturated heterocycles. The average Bonchev–Trinajstić information content (AvgIpc) is 3.11. The summed E-state index contributed by atoms with van der Waals surface area (Å²) in [5.74, 6) is -0.135. The van der Waals surface area contributed by atoms with Gasteiger partial charge in [0.25, 0.3) is 0 Å². The molecule has 0 radical (unpaired) electrons. The first-order chi connectivity index (χ1) is 13.7. The molecule has 1 atom stereocenters. The first kappa shape index (κ1) is 20.5. The van der Waals surface area contributed by atoms with Crippen LogP contribution in [0.1, 0.15) is 24.9 Å². The number of aromatic nitrogens is 4. The Morgan fingerprint density at radius 2 is 2.07 bits per heavy atom. The topological polar surface area (TPSA) is 133 Å². The first-order valence-electron chi connectivity index (χ1n) is 8.93. The van der Waals surface area contributed by atoms with Gasteiger partial charge in [-0.15, -0.1) is 0 Å². The van der Waals surface area contributed by atoms with Gasteiger partial charge in [0.2, 0.25) is 11.9 Å². The fraction of sp³-hybridized carbons (Fsp3) is 0.263. The molecule has 152 valence electrons. The number of nitrogens with zero attached hydrogens (tertiary/aromatic N) is 4. The van der Waals surface area contributed by atoms with Crippen LogP contribution in [0.25, 0.3) is 11.3 Å². The van der Waals surface area contributed by atoms with Crippen LogP contribution in [0.5, 0.6) is 0 Å². The highest BCUT2D eigenvalue weighted by molar-refractivity contribution is 7.90. The Morgan fingerprint density at radius 3 is 2.72 bits per heavy atom. The van der Waals surface area contributed by atoms with E-state index in [0.717, 1.165) is 5.56 Å². The van der Waals surface area contributed by atoms with Crippen molar-refractivity contribution in [3.05, 3.63) is 48.4 Å². The zero-order chi connectivity index (χ0) is 21.2. The van der Waals surface area contributed by atoms with Crippen LogP contribution in [0.2, 0.25) is 0 Å². The molecule has 10 heteroatoms. The molecule has 1 amide bonds. The van der Waals surface area contributed by atoms with E-state index in [9.17, 15) is 13.2 Å². The molecule has 3 rings (SSSR count). The van der Waals surface area contributed by atoms with Gasteiger partial charge in [0, 0.05) is 24.2 Å². The molecule has 0 aliphatic heterocycles. The van der Waals surface area contributed by atoms with Gasteiger partial charge in [-0.05, 0) is 31.0 Å². The third kappa shape index (κ3) is 4.60. The molecule has 1 unspecified atom stereocenters. The summed E-state index contributed by atoms with van der Waals surface area (Å²) in [6.07, 6.45) is 6.56. The molecule has 0 aliphatic rings. The number of hydrogen-bond acceptors (Lipinski definition) is 7. The number of carbonyl (C=O) groups excluding carboxylic acids is 1. The van der Waals surface area contributed by atoms with E-state index in [1.54, 1.807) is 42.9 Å². The maximum atomic E-state index is 11.9. The van der Waals surface area contributed by atoms with Crippen molar-refractivity contribution in [1.82, 2.24) is 19.7 Å². The number of primary amides is 1. The van der Waals surface area contributed by atoms with Gasteiger partial charge in [-0.2, -0.15) is 5.10 Å². The van der Waals surface area contributed by atoms with Gasteiger partial charge < -0.3 is 11.1 Å². The largest absolute Gasteiger partial charge is 0.368 e. The molecule has 0 spiro atoms. The minimum atomic E-state index is -3.33. The minimum absolute atomic E-state index is 0.223. The third-order valence-corrected chi connectivity index (χ3v) is 5.51. The maximum Gasteiger partial charge on any atom is 0.242 e. The molecule has 2 heterocycles. The molecule has 1 aromatic carbocycles. The van der Waals surface area contributed by atoms with Crippen molar-refractivity contribution >= 4 is 27.4 Å². The molecule has 3 aromatic rings. The average molecular weight is 414 g/mol. The van der Waals surface area contributed by atoms with Crippen LogP contribution in [0.4, 0.5) is 11.6 Å². The van der Waals surface area contributed by atoms with Gasteiger partial charge in [-0.3, -0.25) is 9.48 Å². The van der Waals surface area contributed by atoms with Crippen LogP contribution in [0.15, 0.2) is 47.8 Å². The monoisotopic (exact) mass is 414 g/mol. The van der Waals surface area contributed by atoms with E-state index in [1.807, 2.05) is 13.8 Å². The number of aryl methyl sites for hydroxylation is 1. The Morgan fingerprint density at radius 1 is 1.31 bits per heavy atom. The normalized spacial score (nSPS) is 12.5. The number of carbonyl (C=O) groups is 1. The summed E-state index contributed by atoms with van der Waals surface area (Å²) in [7, 11) is -3.33. The van der Waals surface area contributed by atoms with E-state index in [4.69, 9.17) is 5.73 Å². The Kier molecular flexibility index (Phi) is 5.64. The fourth-order valence-corrected chi connectivity index (χ4v) is 3.56. The van der Waals surface area contributed by atoms with Gasteiger partial charge in [-0.1, -0.05) is 19.1 Å². The van der Waals surface area contributed by atoms with E-state index < -0.39 is 21.8 Å². The van der Waals surface area contributed by atoms with Crippen LogP contribution < -0.4 is 11.1 Å². The summed E-state index contributed by atoms with van der Waals surface area (Å²) >= 11 is 0. The van der Waals surface area contributed by atoms with Crippen molar-refractivity contribution in [3.63, 3.8) is 0 Å². The number of nitrogens with one attached hydrogen (secondary N) is 1. The van der Waals surface area contributed by atoms with E-state index in [0.29, 0.717) is 29.3 Å². The van der Waals surface area contributed by atoms with Crippen molar-refractivity contribution in [2.24, 2.45) is 5.73 Å². The number of sulfone groups is 1. The van der Waals surface area contributed by atoms with Crippen molar-refractivity contribution in [2.45, 2.75) is 31.2 Å². The standard InChI is InChI=1S/C19H22N6O3S/c1-4-16(18(20)26)25-11-14(10-22-25)23-19-21-9-12(2)17(24-19)13-6-5-7-15(8-13)29(3,27)28/h5-11,16H,4H2,1-3H3,(H2,20,26)(H,21,23,24). The van der Waals surface area contributed by atoms with Crippen molar-refractivity contribution in [1.29, 1.82) is 0 Å². The third-order valence-electron chi connectivity index (χ3n) is 4.40. The number of amides is 1. The second kappa shape index (κ2) is 8.00. The van der Waals surface area contributed by atoms with Gasteiger partial charge in [0.05, 0.1) is 22.5 Å². The molecule has 0 fully saturated rings. The van der Waals surface area contributed by atoms with Gasteiger partial charge in [0.15, 0.2) is 9.84 Å². The van der Waals surface area contributed by atoms with Crippen molar-refractivity contribution in [2.75, 3.05) is 11.6 Å². The summed E-state index contributed by atoms with van der Waals surface area (Å²) in [6.45, 7) is 3.70. The predicted molar refractivity (Wildman–Crippen MR) is 109 cm³/mol. The van der Waals surface area contributed by atoms with Gasteiger partial charge in [-0.25, -0.2) is 18.4 Å². The second-order valence-electron chi connectivity index (χ2n) is 6.69. The van der Waals surface area contributed by atoms with E-state index in [-0.39, 0.29) is 4.90 Å². The Bertz CT molecular complexity index is 1160. The summed E-state index contributed by atoms with van der Waals surface area (Å²) in [5.41, 5.74) is 8.09. The molecule has 2 aromatic heterocycles. The number of rotatable bonds is 7. The van der Waals surface area contributed by atoms with Gasteiger partial charge in [0.1, 0.15) is 6.04 Å².